The molecule has 0 aromatic heterocycles. The molecule has 6 heteroatoms. The maximum Gasteiger partial charge on any atom is 0.213 e. The highest BCUT2D eigenvalue weighted by Gasteiger charge is 2.23. The summed E-state index contributed by atoms with van der Waals surface area (Å²) in [6, 6.07) is 10.3. The van der Waals surface area contributed by atoms with Gasteiger partial charge in [0.1, 0.15) is 0 Å². The lowest BCUT2D eigenvalue weighted by Crippen LogP contribution is -2.48. The van der Waals surface area contributed by atoms with Gasteiger partial charge in [-0.3, -0.25) is 4.90 Å². The molecule has 0 amide bonds. The maximum absolute atomic E-state index is 11.8. The number of hydrogen-bond donors (Lipinski definition) is 2. The Labute approximate surface area is 121 Å². The molecular formula is C14H23N3O2S. The molecule has 1 aliphatic rings. The van der Waals surface area contributed by atoms with Crippen LogP contribution in [0.1, 0.15) is 18.4 Å². The zero-order chi connectivity index (χ0) is 14.4. The zero-order valence-electron chi connectivity index (χ0n) is 11.7. The molecule has 1 unspecified atom stereocenters. The molecule has 112 valence electrons. The number of hydrogen-bond acceptors (Lipinski definition) is 4. The van der Waals surface area contributed by atoms with E-state index < -0.39 is 10.0 Å². The minimum absolute atomic E-state index is 0.00217. The van der Waals surface area contributed by atoms with Crippen molar-refractivity contribution >= 4 is 10.0 Å². The van der Waals surface area contributed by atoms with Crippen LogP contribution in [0.4, 0.5) is 0 Å². The van der Waals surface area contributed by atoms with Crippen molar-refractivity contribution in [3.8, 4) is 0 Å². The second kappa shape index (κ2) is 7.17. The van der Waals surface area contributed by atoms with Crippen LogP contribution >= 0.6 is 0 Å². The van der Waals surface area contributed by atoms with Crippen molar-refractivity contribution < 1.29 is 8.42 Å². The fraction of sp³-hybridized carbons (Fsp3) is 0.571. The SMILES string of the molecule is NCCS(=O)(=O)NC1CCCN(Cc2ccccc2)C1. The largest absolute Gasteiger partial charge is 0.329 e. The van der Waals surface area contributed by atoms with Gasteiger partial charge in [0.05, 0.1) is 5.75 Å². The molecule has 1 saturated heterocycles. The lowest BCUT2D eigenvalue weighted by atomic mass is 10.1. The predicted molar refractivity (Wildman–Crippen MR) is 80.7 cm³/mol. The van der Waals surface area contributed by atoms with E-state index in [9.17, 15) is 8.42 Å². The van der Waals surface area contributed by atoms with Crippen LogP contribution in [0.25, 0.3) is 0 Å². The molecule has 5 nitrogen and oxygen atoms in total. The van der Waals surface area contributed by atoms with Gasteiger partial charge in [-0.2, -0.15) is 0 Å². The van der Waals surface area contributed by atoms with Gasteiger partial charge in [0.15, 0.2) is 0 Å². The van der Waals surface area contributed by atoms with Crippen molar-refractivity contribution in [3.63, 3.8) is 0 Å². The number of likely N-dealkylation sites (tertiary alicyclic amines) is 1. The first-order valence-corrected chi connectivity index (χ1v) is 8.70. The third-order valence-electron chi connectivity index (χ3n) is 3.49. The summed E-state index contributed by atoms with van der Waals surface area (Å²) in [5, 5.41) is 0. The first kappa shape index (κ1) is 15.4. The standard InChI is InChI=1S/C14H23N3O2S/c15-8-10-20(18,19)16-14-7-4-9-17(12-14)11-13-5-2-1-3-6-13/h1-3,5-6,14,16H,4,7-12,15H2. The van der Waals surface area contributed by atoms with Gasteiger partial charge in [-0.25, -0.2) is 13.1 Å². The molecule has 0 spiro atoms. The van der Waals surface area contributed by atoms with Gasteiger partial charge in [0, 0.05) is 25.7 Å². The Morgan fingerprint density at radius 1 is 1.30 bits per heavy atom. The molecule has 1 fully saturated rings. The average Bonchev–Trinajstić information content (AvgIpc) is 2.39. The van der Waals surface area contributed by atoms with Gasteiger partial charge >= 0.3 is 0 Å². The van der Waals surface area contributed by atoms with Crippen LogP contribution in [0.2, 0.25) is 0 Å². The average molecular weight is 297 g/mol. The molecule has 0 saturated carbocycles. The molecule has 1 aliphatic heterocycles. The van der Waals surface area contributed by atoms with Gasteiger partial charge in [-0.15, -0.1) is 0 Å². The van der Waals surface area contributed by atoms with Gasteiger partial charge in [-0.1, -0.05) is 30.3 Å². The second-order valence-corrected chi connectivity index (χ2v) is 7.16. The third kappa shape index (κ3) is 4.86. The van der Waals surface area contributed by atoms with E-state index in [1.165, 1.54) is 5.56 Å². The molecule has 1 atom stereocenters. The van der Waals surface area contributed by atoms with E-state index in [1.807, 2.05) is 18.2 Å². The van der Waals surface area contributed by atoms with Crippen LogP contribution in [0.15, 0.2) is 30.3 Å². The van der Waals surface area contributed by atoms with Crippen LogP contribution in [-0.4, -0.2) is 44.7 Å². The molecular weight excluding hydrogens is 274 g/mol. The van der Waals surface area contributed by atoms with Gasteiger partial charge in [0.2, 0.25) is 10.0 Å². The Hall–Kier alpha value is -0.950. The second-order valence-electron chi connectivity index (χ2n) is 5.29. The molecule has 2 rings (SSSR count). The van der Waals surface area contributed by atoms with Crippen LogP contribution < -0.4 is 10.5 Å². The predicted octanol–water partition coefficient (Wildman–Crippen LogP) is 0.529. The number of nitrogens with zero attached hydrogens (tertiary/aromatic N) is 1. The van der Waals surface area contributed by atoms with Gasteiger partial charge in [0.25, 0.3) is 0 Å². The summed E-state index contributed by atoms with van der Waals surface area (Å²) in [4.78, 5) is 2.30. The number of nitrogens with one attached hydrogen (secondary N) is 1. The summed E-state index contributed by atoms with van der Waals surface area (Å²) in [5.74, 6) is 0.00217. The van der Waals surface area contributed by atoms with E-state index in [0.717, 1.165) is 32.5 Å². The number of piperidine rings is 1. The van der Waals surface area contributed by atoms with Crippen molar-refractivity contribution in [3.05, 3.63) is 35.9 Å². The van der Waals surface area contributed by atoms with Crippen LogP contribution in [0.5, 0.6) is 0 Å². The minimum atomic E-state index is -3.23. The lowest BCUT2D eigenvalue weighted by molar-refractivity contribution is 0.194. The van der Waals surface area contributed by atoms with Crippen LogP contribution in [0, 0.1) is 0 Å². The summed E-state index contributed by atoms with van der Waals surface area (Å²) in [7, 11) is -3.23. The van der Waals surface area contributed by atoms with Crippen molar-refractivity contribution in [2.24, 2.45) is 5.73 Å². The van der Waals surface area contributed by atoms with E-state index in [0.29, 0.717) is 0 Å². The normalized spacial score (nSPS) is 20.9. The van der Waals surface area contributed by atoms with E-state index in [4.69, 9.17) is 5.73 Å². The van der Waals surface area contributed by atoms with E-state index in [1.54, 1.807) is 0 Å². The minimum Gasteiger partial charge on any atom is -0.329 e. The summed E-state index contributed by atoms with van der Waals surface area (Å²) < 4.78 is 26.3. The molecule has 0 radical (unpaired) electrons. The van der Waals surface area contributed by atoms with E-state index in [2.05, 4.69) is 21.8 Å². The molecule has 0 bridgehead atoms. The monoisotopic (exact) mass is 297 g/mol. The van der Waals surface area contributed by atoms with E-state index in [-0.39, 0.29) is 18.3 Å². The molecule has 3 N–H and O–H groups in total. The zero-order valence-corrected chi connectivity index (χ0v) is 12.5. The number of rotatable bonds is 6. The summed E-state index contributed by atoms with van der Waals surface area (Å²) in [6.07, 6.45) is 1.91. The summed E-state index contributed by atoms with van der Waals surface area (Å²) >= 11 is 0. The highest BCUT2D eigenvalue weighted by atomic mass is 32.2. The smallest absolute Gasteiger partial charge is 0.213 e. The summed E-state index contributed by atoms with van der Waals surface area (Å²) in [6.45, 7) is 2.81. The lowest BCUT2D eigenvalue weighted by Gasteiger charge is -2.33. The fourth-order valence-electron chi connectivity index (χ4n) is 2.60. The Kier molecular flexibility index (Phi) is 5.54. The van der Waals surface area contributed by atoms with Gasteiger partial charge < -0.3 is 5.73 Å². The quantitative estimate of drug-likeness (QED) is 0.803. The molecule has 1 heterocycles. The highest BCUT2D eigenvalue weighted by molar-refractivity contribution is 7.89. The maximum atomic E-state index is 11.8. The Balaban J connectivity index is 1.89. The van der Waals surface area contributed by atoms with Crippen molar-refractivity contribution in [2.45, 2.75) is 25.4 Å². The molecule has 1 aromatic carbocycles. The summed E-state index contributed by atoms with van der Waals surface area (Å²) in [5.41, 5.74) is 6.58. The van der Waals surface area contributed by atoms with E-state index >= 15 is 0 Å². The Bertz CT molecular complexity index is 504. The topological polar surface area (TPSA) is 75.4 Å². The molecule has 1 aromatic rings. The van der Waals surface area contributed by atoms with Crippen molar-refractivity contribution in [2.75, 3.05) is 25.4 Å². The van der Waals surface area contributed by atoms with Crippen molar-refractivity contribution in [1.29, 1.82) is 0 Å². The first-order valence-electron chi connectivity index (χ1n) is 7.05. The van der Waals surface area contributed by atoms with Crippen LogP contribution in [0.3, 0.4) is 0 Å². The number of sulfonamides is 1. The Morgan fingerprint density at radius 2 is 2.05 bits per heavy atom. The molecule has 0 aliphatic carbocycles. The third-order valence-corrected chi connectivity index (χ3v) is 4.95. The van der Waals surface area contributed by atoms with Gasteiger partial charge in [-0.05, 0) is 24.9 Å². The molecule has 20 heavy (non-hydrogen) atoms. The highest BCUT2D eigenvalue weighted by Crippen LogP contribution is 2.14. The van der Waals surface area contributed by atoms with Crippen LogP contribution in [-0.2, 0) is 16.6 Å². The van der Waals surface area contributed by atoms with Crippen molar-refractivity contribution in [1.82, 2.24) is 9.62 Å². The number of benzene rings is 1. The fourth-order valence-corrected chi connectivity index (χ4v) is 3.73. The number of nitrogens with two attached hydrogens (primary N) is 1. The Morgan fingerprint density at radius 3 is 2.75 bits per heavy atom. The first-order chi connectivity index (χ1) is 9.59.